The SMILES string of the molecule is CC(SS)C(=O)OCc1ccc(NC(=O)[C@H](CCCCN)NC(=O)[C@H](Cc2ccccc2)NC(=O)CCCCCN2C(=O)C=CC2=O)cc1. The summed E-state index contributed by atoms with van der Waals surface area (Å²) in [4.78, 5) is 76.6. The smallest absolute Gasteiger partial charge is 0.319 e. The minimum atomic E-state index is -0.934. The van der Waals surface area contributed by atoms with E-state index in [1.807, 2.05) is 30.3 Å². The fraction of sp³-hybridized carbons (Fsp3) is 0.429. The van der Waals surface area contributed by atoms with Crippen molar-refractivity contribution in [1.29, 1.82) is 0 Å². The number of nitrogens with zero attached hydrogens (tertiary/aromatic N) is 1. The lowest BCUT2D eigenvalue weighted by atomic mass is 10.0. The van der Waals surface area contributed by atoms with E-state index in [4.69, 9.17) is 10.5 Å². The van der Waals surface area contributed by atoms with Gasteiger partial charge in [0.1, 0.15) is 23.9 Å². The highest BCUT2D eigenvalue weighted by Crippen LogP contribution is 2.17. The summed E-state index contributed by atoms with van der Waals surface area (Å²) in [6, 6.07) is 14.3. The first-order chi connectivity index (χ1) is 23.6. The van der Waals surface area contributed by atoms with Crippen LogP contribution in [0.2, 0.25) is 0 Å². The predicted molar refractivity (Wildman–Crippen MR) is 192 cm³/mol. The molecule has 5 amide bonds. The molecule has 1 aliphatic heterocycles. The molecule has 0 spiro atoms. The minimum absolute atomic E-state index is 0.0797. The Morgan fingerprint density at radius 3 is 2.18 bits per heavy atom. The van der Waals surface area contributed by atoms with E-state index >= 15 is 0 Å². The van der Waals surface area contributed by atoms with Gasteiger partial charge in [0.15, 0.2) is 0 Å². The van der Waals surface area contributed by atoms with Gasteiger partial charge < -0.3 is 26.4 Å². The normalized spacial score (nSPS) is 14.2. The summed E-state index contributed by atoms with van der Waals surface area (Å²) < 4.78 is 5.28. The third-order valence-corrected chi connectivity index (χ3v) is 9.25. The lowest BCUT2D eigenvalue weighted by molar-refractivity contribution is -0.144. The zero-order chi connectivity index (χ0) is 35.6. The number of esters is 1. The van der Waals surface area contributed by atoms with Gasteiger partial charge in [-0.15, -0.1) is 11.7 Å². The van der Waals surface area contributed by atoms with E-state index in [2.05, 4.69) is 27.6 Å². The van der Waals surface area contributed by atoms with Crippen molar-refractivity contribution >= 4 is 63.6 Å². The van der Waals surface area contributed by atoms with E-state index in [1.54, 1.807) is 31.2 Å². The van der Waals surface area contributed by atoms with E-state index < -0.39 is 29.1 Å². The van der Waals surface area contributed by atoms with Crippen LogP contribution in [0.15, 0.2) is 66.7 Å². The number of thiol groups is 1. The molecule has 264 valence electrons. The van der Waals surface area contributed by atoms with Crippen molar-refractivity contribution < 1.29 is 33.5 Å². The van der Waals surface area contributed by atoms with Gasteiger partial charge in [0, 0.05) is 37.2 Å². The van der Waals surface area contributed by atoms with Crippen molar-refractivity contribution in [2.75, 3.05) is 18.4 Å². The maximum absolute atomic E-state index is 13.7. The molecule has 1 heterocycles. The molecule has 2 aromatic carbocycles. The number of nitrogens with one attached hydrogen (secondary N) is 3. The Bertz CT molecular complexity index is 1440. The maximum Gasteiger partial charge on any atom is 0.319 e. The van der Waals surface area contributed by atoms with Crippen LogP contribution >= 0.6 is 22.5 Å². The summed E-state index contributed by atoms with van der Waals surface area (Å²) in [6.45, 7) is 2.51. The number of unbranched alkanes of at least 4 members (excludes halogenated alkanes) is 3. The molecule has 0 saturated carbocycles. The quantitative estimate of drug-likeness (QED) is 0.0427. The number of carbonyl (C=O) groups is 6. The largest absolute Gasteiger partial charge is 0.460 e. The number of nitrogens with two attached hydrogens (primary N) is 1. The number of amides is 5. The molecule has 0 aliphatic carbocycles. The average Bonchev–Trinajstić information content (AvgIpc) is 3.42. The number of rotatable bonds is 21. The Hall–Kier alpha value is -4.14. The van der Waals surface area contributed by atoms with Gasteiger partial charge in [0.25, 0.3) is 11.8 Å². The van der Waals surface area contributed by atoms with Gasteiger partial charge >= 0.3 is 5.97 Å². The van der Waals surface area contributed by atoms with Crippen LogP contribution in [0.1, 0.15) is 63.0 Å². The van der Waals surface area contributed by atoms with Crippen molar-refractivity contribution in [2.24, 2.45) is 5.73 Å². The molecule has 0 radical (unpaired) electrons. The third-order valence-electron chi connectivity index (χ3n) is 7.79. The molecule has 14 heteroatoms. The molecule has 0 bridgehead atoms. The summed E-state index contributed by atoms with van der Waals surface area (Å²) in [5.41, 5.74) is 7.76. The Morgan fingerprint density at radius 1 is 0.837 bits per heavy atom. The third kappa shape index (κ3) is 13.7. The predicted octanol–water partition coefficient (Wildman–Crippen LogP) is 3.46. The van der Waals surface area contributed by atoms with Crippen LogP contribution < -0.4 is 21.7 Å². The van der Waals surface area contributed by atoms with Crippen LogP contribution in [-0.4, -0.2) is 70.8 Å². The summed E-state index contributed by atoms with van der Waals surface area (Å²) in [5, 5.41) is 8.13. The van der Waals surface area contributed by atoms with Gasteiger partial charge in [0.2, 0.25) is 17.7 Å². The topological polar surface area (TPSA) is 177 Å². The second-order valence-electron chi connectivity index (χ2n) is 11.7. The van der Waals surface area contributed by atoms with Crippen LogP contribution in [0.25, 0.3) is 0 Å². The number of hydrogen-bond donors (Lipinski definition) is 5. The summed E-state index contributed by atoms with van der Waals surface area (Å²) in [7, 11) is 1.10. The van der Waals surface area contributed by atoms with E-state index in [0.717, 1.165) is 21.9 Å². The van der Waals surface area contributed by atoms with E-state index in [-0.39, 0.29) is 49.7 Å². The molecule has 2 aromatic rings. The van der Waals surface area contributed by atoms with Gasteiger partial charge in [-0.05, 0) is 68.8 Å². The monoisotopic (exact) mass is 711 g/mol. The molecular formula is C35H45N5O7S2. The Labute approximate surface area is 296 Å². The lowest BCUT2D eigenvalue weighted by Gasteiger charge is -2.23. The molecule has 0 saturated heterocycles. The van der Waals surface area contributed by atoms with Gasteiger partial charge in [-0.25, -0.2) is 0 Å². The summed E-state index contributed by atoms with van der Waals surface area (Å²) in [6.07, 6.45) is 6.15. The molecule has 5 N–H and O–H groups in total. The Morgan fingerprint density at radius 2 is 1.53 bits per heavy atom. The van der Waals surface area contributed by atoms with Crippen LogP contribution in [0.4, 0.5) is 5.69 Å². The number of imide groups is 1. The standard InChI is InChI=1S/C35H45N5O7S2/c1-24(49-48)35(46)47-23-26-14-16-27(17-15-26)37-33(44)28(12-7-8-20-36)39-34(45)29(22-25-10-4-2-5-11-25)38-30(41)13-6-3-9-21-40-31(42)18-19-32(40)43/h2,4-5,10-11,14-19,24,28-29,48H,3,6-9,12-13,20-23,36H2,1H3,(H,37,44)(H,38,41)(H,39,45)/t24?,28-,29-/m0/s1. The summed E-state index contributed by atoms with van der Waals surface area (Å²) in [5.74, 6) is -2.27. The molecule has 3 rings (SSSR count). The van der Waals surface area contributed by atoms with Crippen molar-refractivity contribution in [3.05, 3.63) is 77.9 Å². The van der Waals surface area contributed by atoms with Gasteiger partial charge in [-0.1, -0.05) is 59.7 Å². The fourth-order valence-electron chi connectivity index (χ4n) is 4.97. The second kappa shape index (κ2) is 21.1. The first-order valence-corrected chi connectivity index (χ1v) is 18.3. The van der Waals surface area contributed by atoms with Crippen LogP contribution in [0, 0.1) is 0 Å². The number of anilines is 1. The van der Waals surface area contributed by atoms with Crippen LogP contribution in [0.5, 0.6) is 0 Å². The fourth-order valence-corrected chi connectivity index (χ4v) is 5.38. The zero-order valence-corrected chi connectivity index (χ0v) is 29.3. The molecule has 49 heavy (non-hydrogen) atoms. The molecule has 1 aliphatic rings. The first-order valence-electron chi connectivity index (χ1n) is 16.3. The van der Waals surface area contributed by atoms with Gasteiger partial charge in [-0.3, -0.25) is 33.7 Å². The number of hydrogen-bond acceptors (Lipinski definition) is 10. The van der Waals surface area contributed by atoms with Crippen LogP contribution in [-0.2, 0) is 46.5 Å². The lowest BCUT2D eigenvalue weighted by Crippen LogP contribution is -2.53. The first kappa shape index (κ1) is 39.3. The highest BCUT2D eigenvalue weighted by molar-refractivity contribution is 8.69. The zero-order valence-electron chi connectivity index (χ0n) is 27.6. The molecule has 0 aromatic heterocycles. The number of carbonyl (C=O) groups excluding carboxylic acids is 6. The number of ether oxygens (including phenoxy) is 1. The van der Waals surface area contributed by atoms with E-state index in [9.17, 15) is 28.8 Å². The van der Waals surface area contributed by atoms with Gasteiger partial charge in [0.05, 0.1) is 0 Å². The Kier molecular flexibility index (Phi) is 16.9. The molecule has 12 nitrogen and oxygen atoms in total. The van der Waals surface area contributed by atoms with E-state index in [1.165, 1.54) is 17.1 Å². The van der Waals surface area contributed by atoms with Gasteiger partial charge in [-0.2, -0.15) is 0 Å². The van der Waals surface area contributed by atoms with E-state index in [0.29, 0.717) is 50.8 Å². The van der Waals surface area contributed by atoms with Crippen molar-refractivity contribution in [3.8, 4) is 0 Å². The maximum atomic E-state index is 13.7. The molecule has 1 unspecified atom stereocenters. The van der Waals surface area contributed by atoms with Crippen molar-refractivity contribution in [3.63, 3.8) is 0 Å². The van der Waals surface area contributed by atoms with Crippen molar-refractivity contribution in [2.45, 2.75) is 82.2 Å². The summed E-state index contributed by atoms with van der Waals surface area (Å²) >= 11 is 4.03. The number of benzene rings is 2. The molecule has 0 fully saturated rings. The average molecular weight is 712 g/mol. The highest BCUT2D eigenvalue weighted by atomic mass is 33.1. The highest BCUT2D eigenvalue weighted by Gasteiger charge is 2.27. The molecular weight excluding hydrogens is 667 g/mol. The van der Waals surface area contributed by atoms with Crippen molar-refractivity contribution in [1.82, 2.24) is 15.5 Å². The second-order valence-corrected chi connectivity index (χ2v) is 13.2. The van der Waals surface area contributed by atoms with Crippen LogP contribution in [0.3, 0.4) is 0 Å². The Balaban J connectivity index is 1.60. The molecule has 3 atom stereocenters. The minimum Gasteiger partial charge on any atom is -0.460 e.